The maximum absolute atomic E-state index is 13.8. The van der Waals surface area contributed by atoms with Crippen molar-refractivity contribution < 1.29 is 9.13 Å². The summed E-state index contributed by atoms with van der Waals surface area (Å²) >= 11 is 6.05. The van der Waals surface area contributed by atoms with Crippen LogP contribution < -0.4 is 0 Å². The molecule has 0 spiro atoms. The predicted octanol–water partition coefficient (Wildman–Crippen LogP) is 2.73. The minimum atomic E-state index is -0.323. The number of ether oxygens (including phenoxy) is 1. The summed E-state index contributed by atoms with van der Waals surface area (Å²) in [5.74, 6) is -0.323. The maximum Gasteiger partial charge on any atom is 0.129 e. The summed E-state index contributed by atoms with van der Waals surface area (Å²) in [5, 5.41) is 8.67. The van der Waals surface area contributed by atoms with Crippen molar-refractivity contribution in [3.63, 3.8) is 0 Å². The minimum absolute atomic E-state index is 0.282. The molecule has 1 aromatic carbocycles. The number of likely N-dealkylation sites (tertiary alicyclic amines) is 1. The molecular formula is C16H20ClFN4O. The van der Waals surface area contributed by atoms with E-state index in [1.165, 1.54) is 6.07 Å². The first-order chi connectivity index (χ1) is 11.2. The zero-order valence-corrected chi connectivity index (χ0v) is 13.8. The molecule has 2 aromatic rings. The highest BCUT2D eigenvalue weighted by molar-refractivity contribution is 6.31. The largest absolute Gasteiger partial charge is 0.381 e. The first-order valence-corrected chi connectivity index (χ1v) is 8.10. The Morgan fingerprint density at radius 3 is 2.78 bits per heavy atom. The van der Waals surface area contributed by atoms with E-state index < -0.39 is 0 Å². The summed E-state index contributed by atoms with van der Waals surface area (Å²) in [5.41, 5.74) is 1.32. The fourth-order valence-corrected chi connectivity index (χ4v) is 3.09. The van der Waals surface area contributed by atoms with E-state index in [4.69, 9.17) is 16.3 Å². The monoisotopic (exact) mass is 338 g/mol. The molecule has 0 unspecified atom stereocenters. The Bertz CT molecular complexity index is 635. The molecule has 5 nitrogen and oxygen atoms in total. The molecule has 124 valence electrons. The lowest BCUT2D eigenvalue weighted by Crippen LogP contribution is -2.36. The van der Waals surface area contributed by atoms with Gasteiger partial charge in [-0.25, -0.2) is 9.07 Å². The van der Waals surface area contributed by atoms with Crippen LogP contribution in [-0.2, 0) is 17.8 Å². The van der Waals surface area contributed by atoms with Crippen LogP contribution in [0.3, 0.4) is 0 Å². The number of rotatable bonds is 5. The van der Waals surface area contributed by atoms with Crippen molar-refractivity contribution >= 4 is 11.6 Å². The SMILES string of the molecule is COC1CCN(Cc2cn(Cc3c(F)cccc3Cl)nn2)CC1. The zero-order valence-electron chi connectivity index (χ0n) is 13.1. The predicted molar refractivity (Wildman–Crippen MR) is 85.8 cm³/mol. The van der Waals surface area contributed by atoms with Crippen molar-refractivity contribution in [2.24, 2.45) is 0 Å². The van der Waals surface area contributed by atoms with Crippen molar-refractivity contribution in [1.82, 2.24) is 19.9 Å². The summed E-state index contributed by atoms with van der Waals surface area (Å²) in [4.78, 5) is 2.33. The Morgan fingerprint density at radius 1 is 1.30 bits per heavy atom. The molecule has 1 saturated heterocycles. The van der Waals surface area contributed by atoms with Crippen LogP contribution in [0, 0.1) is 5.82 Å². The van der Waals surface area contributed by atoms with Gasteiger partial charge in [0.25, 0.3) is 0 Å². The van der Waals surface area contributed by atoms with Crippen molar-refractivity contribution in [3.8, 4) is 0 Å². The highest BCUT2D eigenvalue weighted by Gasteiger charge is 2.19. The Kier molecular flexibility index (Phi) is 5.25. The van der Waals surface area contributed by atoms with Gasteiger partial charge in [-0.05, 0) is 25.0 Å². The smallest absolute Gasteiger partial charge is 0.129 e. The Labute approximate surface area is 140 Å². The highest BCUT2D eigenvalue weighted by atomic mass is 35.5. The average Bonchev–Trinajstić information content (AvgIpc) is 2.99. The molecule has 0 atom stereocenters. The van der Waals surface area contributed by atoms with Crippen molar-refractivity contribution in [2.45, 2.75) is 32.0 Å². The van der Waals surface area contributed by atoms with Gasteiger partial charge in [-0.3, -0.25) is 4.90 Å². The molecule has 1 aliphatic rings. The third kappa shape index (κ3) is 4.07. The quantitative estimate of drug-likeness (QED) is 0.840. The van der Waals surface area contributed by atoms with E-state index in [2.05, 4.69) is 15.2 Å². The van der Waals surface area contributed by atoms with Gasteiger partial charge in [-0.2, -0.15) is 0 Å². The average molecular weight is 339 g/mol. The molecule has 1 aliphatic heterocycles. The summed E-state index contributed by atoms with van der Waals surface area (Å²) in [6, 6.07) is 4.67. The van der Waals surface area contributed by atoms with E-state index in [1.807, 2.05) is 6.20 Å². The van der Waals surface area contributed by atoms with Gasteiger partial charge in [0.15, 0.2) is 0 Å². The van der Waals surface area contributed by atoms with E-state index in [1.54, 1.807) is 23.9 Å². The van der Waals surface area contributed by atoms with Crippen LogP contribution in [0.4, 0.5) is 4.39 Å². The Balaban J connectivity index is 1.60. The number of benzene rings is 1. The van der Waals surface area contributed by atoms with Gasteiger partial charge >= 0.3 is 0 Å². The molecule has 0 saturated carbocycles. The first-order valence-electron chi connectivity index (χ1n) is 7.72. The molecular weight excluding hydrogens is 319 g/mol. The van der Waals surface area contributed by atoms with Crippen LogP contribution in [0.2, 0.25) is 5.02 Å². The van der Waals surface area contributed by atoms with Gasteiger partial charge in [0.05, 0.1) is 24.5 Å². The van der Waals surface area contributed by atoms with Gasteiger partial charge < -0.3 is 4.74 Å². The fraction of sp³-hybridized carbons (Fsp3) is 0.500. The molecule has 1 fully saturated rings. The van der Waals surface area contributed by atoms with Crippen LogP contribution in [-0.4, -0.2) is 46.2 Å². The van der Waals surface area contributed by atoms with Crippen LogP contribution in [0.5, 0.6) is 0 Å². The van der Waals surface area contributed by atoms with Gasteiger partial charge in [0.1, 0.15) is 5.82 Å². The number of methoxy groups -OCH3 is 1. The van der Waals surface area contributed by atoms with E-state index in [0.717, 1.165) is 38.2 Å². The summed E-state index contributed by atoms with van der Waals surface area (Å²) in [6.07, 6.45) is 4.29. The number of halogens is 2. The number of nitrogens with zero attached hydrogens (tertiary/aromatic N) is 4. The van der Waals surface area contributed by atoms with Gasteiger partial charge in [-0.15, -0.1) is 5.10 Å². The van der Waals surface area contributed by atoms with Crippen molar-refractivity contribution in [3.05, 3.63) is 46.5 Å². The standard InChI is InChI=1S/C16H20ClFN4O/c1-23-13-5-7-21(8-6-13)9-12-10-22(20-19-12)11-14-15(17)3-2-4-16(14)18/h2-4,10,13H,5-9,11H2,1H3. The van der Waals surface area contributed by atoms with Crippen LogP contribution in [0.25, 0.3) is 0 Å². The molecule has 0 amide bonds. The molecule has 0 bridgehead atoms. The topological polar surface area (TPSA) is 43.2 Å². The van der Waals surface area contributed by atoms with Gasteiger partial charge in [0.2, 0.25) is 0 Å². The van der Waals surface area contributed by atoms with Gasteiger partial charge in [-0.1, -0.05) is 22.9 Å². The first kappa shape index (κ1) is 16.4. The van der Waals surface area contributed by atoms with E-state index >= 15 is 0 Å². The van der Waals surface area contributed by atoms with E-state index in [9.17, 15) is 4.39 Å². The number of aromatic nitrogens is 3. The zero-order chi connectivity index (χ0) is 16.2. The third-order valence-corrected chi connectivity index (χ3v) is 4.58. The van der Waals surface area contributed by atoms with Crippen molar-refractivity contribution in [1.29, 1.82) is 0 Å². The van der Waals surface area contributed by atoms with E-state index in [0.29, 0.717) is 16.7 Å². The van der Waals surface area contributed by atoms with Crippen LogP contribution in [0.1, 0.15) is 24.1 Å². The van der Waals surface area contributed by atoms with E-state index in [-0.39, 0.29) is 12.4 Å². The minimum Gasteiger partial charge on any atom is -0.381 e. The summed E-state index contributed by atoms with van der Waals surface area (Å²) in [7, 11) is 1.76. The molecule has 2 heterocycles. The van der Waals surface area contributed by atoms with Gasteiger partial charge in [0, 0.05) is 37.3 Å². The summed E-state index contributed by atoms with van der Waals surface area (Å²) < 4.78 is 20.8. The third-order valence-electron chi connectivity index (χ3n) is 4.22. The van der Waals surface area contributed by atoms with Crippen LogP contribution in [0.15, 0.2) is 24.4 Å². The summed E-state index contributed by atoms with van der Waals surface area (Å²) in [6.45, 7) is 3.01. The second-order valence-corrected chi connectivity index (χ2v) is 6.23. The fourth-order valence-electron chi connectivity index (χ4n) is 2.87. The highest BCUT2D eigenvalue weighted by Crippen LogP contribution is 2.20. The normalized spacial score (nSPS) is 16.8. The molecule has 23 heavy (non-hydrogen) atoms. The lowest BCUT2D eigenvalue weighted by atomic mass is 10.1. The number of hydrogen-bond donors (Lipinski definition) is 0. The lowest BCUT2D eigenvalue weighted by molar-refractivity contribution is 0.0385. The number of hydrogen-bond acceptors (Lipinski definition) is 4. The number of piperidine rings is 1. The second-order valence-electron chi connectivity index (χ2n) is 5.82. The van der Waals surface area contributed by atoms with Crippen molar-refractivity contribution in [2.75, 3.05) is 20.2 Å². The molecule has 7 heteroatoms. The molecule has 3 rings (SSSR count). The maximum atomic E-state index is 13.8. The molecule has 1 aromatic heterocycles. The molecule has 0 radical (unpaired) electrons. The lowest BCUT2D eigenvalue weighted by Gasteiger charge is -2.30. The Hall–Kier alpha value is -1.50. The molecule has 0 aliphatic carbocycles. The van der Waals surface area contributed by atoms with Crippen LogP contribution >= 0.6 is 11.6 Å². The molecule has 0 N–H and O–H groups in total. The second kappa shape index (κ2) is 7.38. The Morgan fingerprint density at radius 2 is 2.09 bits per heavy atom.